The van der Waals surface area contributed by atoms with E-state index in [0.29, 0.717) is 12.8 Å². The second kappa shape index (κ2) is 4.31. The quantitative estimate of drug-likeness (QED) is 0.789. The Labute approximate surface area is 103 Å². The van der Waals surface area contributed by atoms with Gasteiger partial charge in [0.1, 0.15) is 0 Å². The molecule has 0 aliphatic heterocycles. The van der Waals surface area contributed by atoms with Gasteiger partial charge in [-0.25, -0.2) is 0 Å². The molecular formula is C13H22NO3-. The summed E-state index contributed by atoms with van der Waals surface area (Å²) in [5.74, 6) is -1.36. The van der Waals surface area contributed by atoms with Gasteiger partial charge < -0.3 is 15.2 Å². The highest BCUT2D eigenvalue weighted by Crippen LogP contribution is 2.55. The molecule has 0 heterocycles. The minimum Gasteiger partial charge on any atom is -0.550 e. The van der Waals surface area contributed by atoms with Gasteiger partial charge in [0.05, 0.1) is 0 Å². The Morgan fingerprint density at radius 1 is 1.29 bits per heavy atom. The predicted molar refractivity (Wildman–Crippen MR) is 62.9 cm³/mol. The molecule has 1 amide bonds. The van der Waals surface area contributed by atoms with Gasteiger partial charge in [-0.1, -0.05) is 20.8 Å². The van der Waals surface area contributed by atoms with Crippen molar-refractivity contribution in [3.8, 4) is 0 Å². The van der Waals surface area contributed by atoms with E-state index >= 15 is 0 Å². The van der Waals surface area contributed by atoms with Gasteiger partial charge in [-0.05, 0) is 32.1 Å². The summed E-state index contributed by atoms with van der Waals surface area (Å²) < 4.78 is 0. The topological polar surface area (TPSA) is 69.2 Å². The zero-order chi connectivity index (χ0) is 13.4. The summed E-state index contributed by atoms with van der Waals surface area (Å²) in [5.41, 5.74) is -1.50. The molecule has 1 aliphatic carbocycles. The van der Waals surface area contributed by atoms with Crippen LogP contribution in [0.3, 0.4) is 0 Å². The SMILES string of the molecule is CC(C)NC(=O)[C@H]1CC[C@@](C)(C(=O)[O-])C1(C)C. The lowest BCUT2D eigenvalue weighted by Gasteiger charge is -2.42. The van der Waals surface area contributed by atoms with E-state index in [2.05, 4.69) is 5.32 Å². The highest BCUT2D eigenvalue weighted by Gasteiger charge is 2.54. The molecule has 0 unspecified atom stereocenters. The number of nitrogens with one attached hydrogen (secondary N) is 1. The Morgan fingerprint density at radius 3 is 2.18 bits per heavy atom. The Balaban J connectivity index is 2.93. The van der Waals surface area contributed by atoms with Gasteiger partial charge in [0.15, 0.2) is 0 Å². The van der Waals surface area contributed by atoms with Crippen molar-refractivity contribution in [2.24, 2.45) is 16.7 Å². The van der Waals surface area contributed by atoms with Crippen LogP contribution >= 0.6 is 0 Å². The van der Waals surface area contributed by atoms with Crippen molar-refractivity contribution >= 4 is 11.9 Å². The van der Waals surface area contributed by atoms with Gasteiger partial charge in [-0.3, -0.25) is 4.79 Å². The predicted octanol–water partition coefficient (Wildman–Crippen LogP) is 0.703. The molecule has 0 aromatic heterocycles. The fourth-order valence-corrected chi connectivity index (χ4v) is 2.71. The van der Waals surface area contributed by atoms with Crippen molar-refractivity contribution in [1.29, 1.82) is 0 Å². The van der Waals surface area contributed by atoms with Crippen LogP contribution in [-0.4, -0.2) is 17.9 Å². The van der Waals surface area contributed by atoms with E-state index in [1.54, 1.807) is 6.92 Å². The van der Waals surface area contributed by atoms with E-state index in [1.807, 2.05) is 27.7 Å². The average molecular weight is 240 g/mol. The molecule has 1 aliphatic rings. The molecule has 4 nitrogen and oxygen atoms in total. The fourth-order valence-electron chi connectivity index (χ4n) is 2.71. The van der Waals surface area contributed by atoms with Crippen molar-refractivity contribution < 1.29 is 14.7 Å². The normalized spacial score (nSPS) is 31.5. The van der Waals surface area contributed by atoms with Crippen molar-refractivity contribution in [3.63, 3.8) is 0 Å². The van der Waals surface area contributed by atoms with Gasteiger partial charge in [0.2, 0.25) is 5.91 Å². The monoisotopic (exact) mass is 240 g/mol. The first-order chi connectivity index (χ1) is 7.63. The molecule has 4 heteroatoms. The average Bonchev–Trinajstić information content (AvgIpc) is 2.38. The van der Waals surface area contributed by atoms with Gasteiger partial charge in [0, 0.05) is 23.3 Å². The molecule has 2 atom stereocenters. The van der Waals surface area contributed by atoms with Crippen LogP contribution in [0.15, 0.2) is 0 Å². The minimum absolute atomic E-state index is 0.0463. The fraction of sp³-hybridized carbons (Fsp3) is 0.846. The van der Waals surface area contributed by atoms with E-state index in [4.69, 9.17) is 0 Å². The van der Waals surface area contributed by atoms with Crippen molar-refractivity contribution in [2.45, 2.75) is 53.5 Å². The lowest BCUT2D eigenvalue weighted by molar-refractivity contribution is -0.323. The molecule has 0 aromatic carbocycles. The third kappa shape index (κ3) is 2.17. The van der Waals surface area contributed by atoms with Gasteiger partial charge in [-0.2, -0.15) is 0 Å². The van der Waals surface area contributed by atoms with Crippen LogP contribution in [0.25, 0.3) is 0 Å². The molecule has 1 rings (SSSR count). The first-order valence-corrected chi connectivity index (χ1v) is 6.14. The molecule has 0 aromatic rings. The molecular weight excluding hydrogens is 218 g/mol. The molecule has 1 saturated carbocycles. The third-order valence-electron chi connectivity index (χ3n) is 4.42. The number of carboxylic acids is 1. The molecule has 17 heavy (non-hydrogen) atoms. The maximum Gasteiger partial charge on any atom is 0.223 e. The third-order valence-corrected chi connectivity index (χ3v) is 4.42. The maximum absolute atomic E-state index is 12.1. The number of hydrogen-bond acceptors (Lipinski definition) is 3. The van der Waals surface area contributed by atoms with Gasteiger partial charge in [-0.15, -0.1) is 0 Å². The van der Waals surface area contributed by atoms with Crippen LogP contribution in [-0.2, 0) is 9.59 Å². The minimum atomic E-state index is -1.05. The molecule has 98 valence electrons. The lowest BCUT2D eigenvalue weighted by Crippen LogP contribution is -2.51. The second-order valence-electron chi connectivity index (χ2n) is 6.10. The Kier molecular flexibility index (Phi) is 3.55. The standard InChI is InChI=1S/C13H23NO3/c1-8(2)14-10(15)9-6-7-13(5,11(16)17)12(9,3)4/h8-9H,6-7H2,1-5H3,(H,14,15)(H,16,17)/p-1/t9-,13+/m1/s1. The molecule has 1 fully saturated rings. The van der Waals surface area contributed by atoms with Crippen LogP contribution in [0.4, 0.5) is 0 Å². The largest absolute Gasteiger partial charge is 0.550 e. The van der Waals surface area contributed by atoms with Crippen molar-refractivity contribution in [2.75, 3.05) is 0 Å². The summed E-state index contributed by atoms with van der Waals surface area (Å²) in [6, 6.07) is 0.0770. The van der Waals surface area contributed by atoms with E-state index < -0.39 is 16.8 Å². The number of hydrogen-bond donors (Lipinski definition) is 1. The summed E-state index contributed by atoms with van der Waals surface area (Å²) in [6.07, 6.45) is 1.11. The summed E-state index contributed by atoms with van der Waals surface area (Å²) in [6.45, 7) is 9.18. The molecule has 0 spiro atoms. The van der Waals surface area contributed by atoms with E-state index in [0.717, 1.165) is 0 Å². The Morgan fingerprint density at radius 2 is 1.82 bits per heavy atom. The van der Waals surface area contributed by atoms with E-state index in [9.17, 15) is 14.7 Å². The van der Waals surface area contributed by atoms with Crippen LogP contribution in [0.1, 0.15) is 47.5 Å². The highest BCUT2D eigenvalue weighted by molar-refractivity contribution is 5.83. The molecule has 1 N–H and O–H groups in total. The Bertz CT molecular complexity index is 336. The Hall–Kier alpha value is -1.06. The van der Waals surface area contributed by atoms with Crippen molar-refractivity contribution in [3.05, 3.63) is 0 Å². The first-order valence-electron chi connectivity index (χ1n) is 6.14. The smallest absolute Gasteiger partial charge is 0.223 e. The first kappa shape index (κ1) is 14.0. The molecule has 0 radical (unpaired) electrons. The summed E-state index contributed by atoms with van der Waals surface area (Å²) in [5, 5.41) is 14.2. The molecule has 0 saturated heterocycles. The number of rotatable bonds is 3. The van der Waals surface area contributed by atoms with Gasteiger partial charge in [0.25, 0.3) is 0 Å². The van der Waals surface area contributed by atoms with Crippen LogP contribution in [0.5, 0.6) is 0 Å². The van der Waals surface area contributed by atoms with E-state index in [1.165, 1.54) is 0 Å². The number of carboxylic acid groups (broad SMARTS) is 1. The number of aliphatic carboxylic acids is 1. The highest BCUT2D eigenvalue weighted by atomic mass is 16.4. The van der Waals surface area contributed by atoms with Crippen LogP contribution in [0, 0.1) is 16.7 Å². The van der Waals surface area contributed by atoms with Crippen LogP contribution < -0.4 is 10.4 Å². The zero-order valence-electron chi connectivity index (χ0n) is 11.3. The second-order valence-corrected chi connectivity index (χ2v) is 6.10. The summed E-state index contributed by atoms with van der Waals surface area (Å²) >= 11 is 0. The summed E-state index contributed by atoms with van der Waals surface area (Å²) in [7, 11) is 0. The van der Waals surface area contributed by atoms with Gasteiger partial charge >= 0.3 is 0 Å². The van der Waals surface area contributed by atoms with E-state index in [-0.39, 0.29) is 17.9 Å². The number of carbonyl (C=O) groups excluding carboxylic acids is 2. The summed E-state index contributed by atoms with van der Waals surface area (Å²) in [4.78, 5) is 23.3. The van der Waals surface area contributed by atoms with Crippen molar-refractivity contribution in [1.82, 2.24) is 5.32 Å². The maximum atomic E-state index is 12.1. The number of carbonyl (C=O) groups is 2. The molecule has 0 bridgehead atoms. The van der Waals surface area contributed by atoms with Crippen LogP contribution in [0.2, 0.25) is 0 Å². The number of amides is 1. The lowest BCUT2D eigenvalue weighted by atomic mass is 9.65. The zero-order valence-corrected chi connectivity index (χ0v) is 11.3.